The molecule has 0 bridgehead atoms. The van der Waals surface area contributed by atoms with Gasteiger partial charge in [0.05, 0.1) is 12.2 Å². The summed E-state index contributed by atoms with van der Waals surface area (Å²) >= 11 is 0. The van der Waals surface area contributed by atoms with Crippen molar-refractivity contribution in [2.45, 2.75) is 38.2 Å². The average molecular weight is 187 g/mol. The Labute approximate surface area is 80.4 Å². The Morgan fingerprint density at radius 2 is 1.69 bits per heavy atom. The lowest BCUT2D eigenvalue weighted by Crippen LogP contribution is -2.43. The quantitative estimate of drug-likeness (QED) is 0.680. The molecular weight excluding hydrogens is 166 g/mol. The van der Waals surface area contributed by atoms with E-state index in [-0.39, 0.29) is 6.61 Å². The van der Waals surface area contributed by atoms with Crippen molar-refractivity contribution in [3.8, 4) is 0 Å². The van der Waals surface area contributed by atoms with Crippen molar-refractivity contribution in [3.63, 3.8) is 0 Å². The lowest BCUT2D eigenvalue weighted by Gasteiger charge is -2.29. The van der Waals surface area contributed by atoms with Crippen molar-refractivity contribution >= 4 is 0 Å². The fraction of sp³-hybridized carbons (Fsp3) is 1.00. The second-order valence-corrected chi connectivity index (χ2v) is 4.35. The second kappa shape index (κ2) is 4.94. The summed E-state index contributed by atoms with van der Waals surface area (Å²) in [5.74, 6) is 0. The van der Waals surface area contributed by atoms with Gasteiger partial charge < -0.3 is 15.1 Å². The number of likely N-dealkylation sites (tertiary alicyclic amines) is 1. The van der Waals surface area contributed by atoms with Gasteiger partial charge in [0.1, 0.15) is 0 Å². The first-order chi connectivity index (χ1) is 6.14. The zero-order chi connectivity index (χ0) is 9.73. The largest absolute Gasteiger partial charge is 0.393 e. The molecule has 1 aliphatic heterocycles. The Bertz CT molecular complexity index is 140. The molecule has 0 radical (unpaired) electrons. The van der Waals surface area contributed by atoms with Crippen LogP contribution in [0.1, 0.15) is 32.6 Å². The Hall–Kier alpha value is -0.120. The Morgan fingerprint density at radius 3 is 2.15 bits per heavy atom. The fourth-order valence-corrected chi connectivity index (χ4v) is 1.83. The fourth-order valence-electron chi connectivity index (χ4n) is 1.83. The van der Waals surface area contributed by atoms with Gasteiger partial charge in [0.15, 0.2) is 0 Å². The molecular formula is C10H21NO2. The predicted molar refractivity (Wildman–Crippen MR) is 52.6 cm³/mol. The van der Waals surface area contributed by atoms with Crippen LogP contribution in [0.5, 0.6) is 0 Å². The van der Waals surface area contributed by atoms with Gasteiger partial charge in [-0.3, -0.25) is 0 Å². The van der Waals surface area contributed by atoms with Crippen LogP contribution < -0.4 is 0 Å². The van der Waals surface area contributed by atoms with Crippen molar-refractivity contribution in [3.05, 3.63) is 0 Å². The maximum atomic E-state index is 9.68. The van der Waals surface area contributed by atoms with E-state index in [1.165, 1.54) is 25.7 Å². The van der Waals surface area contributed by atoms with E-state index >= 15 is 0 Å². The summed E-state index contributed by atoms with van der Waals surface area (Å²) in [7, 11) is 0. The van der Waals surface area contributed by atoms with Gasteiger partial charge in [0, 0.05) is 6.54 Å². The summed E-state index contributed by atoms with van der Waals surface area (Å²) in [4.78, 5) is 2.25. The summed E-state index contributed by atoms with van der Waals surface area (Å²) in [5.41, 5.74) is -0.926. The molecule has 3 heteroatoms. The smallest absolute Gasteiger partial charge is 0.0975 e. The van der Waals surface area contributed by atoms with Crippen LogP contribution in [-0.4, -0.2) is 47.0 Å². The highest BCUT2D eigenvalue weighted by Crippen LogP contribution is 2.13. The molecule has 0 spiro atoms. The van der Waals surface area contributed by atoms with E-state index < -0.39 is 5.60 Å². The van der Waals surface area contributed by atoms with Crippen molar-refractivity contribution in [2.75, 3.05) is 26.2 Å². The van der Waals surface area contributed by atoms with Crippen molar-refractivity contribution < 1.29 is 10.2 Å². The van der Waals surface area contributed by atoms with Crippen LogP contribution in [0.15, 0.2) is 0 Å². The van der Waals surface area contributed by atoms with Crippen molar-refractivity contribution in [2.24, 2.45) is 0 Å². The normalized spacial score (nSPS) is 25.2. The molecule has 1 saturated heterocycles. The molecule has 1 unspecified atom stereocenters. The Kier molecular flexibility index (Phi) is 4.16. The van der Waals surface area contributed by atoms with E-state index in [2.05, 4.69) is 4.90 Å². The molecule has 0 aromatic heterocycles. The minimum absolute atomic E-state index is 0.149. The van der Waals surface area contributed by atoms with E-state index in [1.54, 1.807) is 6.92 Å². The number of hydrogen-bond donors (Lipinski definition) is 2. The number of aliphatic hydroxyl groups is 2. The molecule has 3 nitrogen and oxygen atoms in total. The third-order valence-electron chi connectivity index (χ3n) is 2.60. The molecule has 0 aromatic rings. The van der Waals surface area contributed by atoms with Gasteiger partial charge in [-0.1, -0.05) is 12.8 Å². The highest BCUT2D eigenvalue weighted by molar-refractivity contribution is 4.77. The SMILES string of the molecule is CC(O)(CO)CN1CCCCCC1. The van der Waals surface area contributed by atoms with Gasteiger partial charge in [0.2, 0.25) is 0 Å². The molecule has 0 aromatic carbocycles. The molecule has 2 N–H and O–H groups in total. The highest BCUT2D eigenvalue weighted by atomic mass is 16.3. The van der Waals surface area contributed by atoms with Crippen LogP contribution in [0.3, 0.4) is 0 Å². The molecule has 1 heterocycles. The van der Waals surface area contributed by atoms with E-state index in [1.807, 2.05) is 0 Å². The first-order valence-corrected chi connectivity index (χ1v) is 5.20. The topological polar surface area (TPSA) is 43.7 Å². The number of nitrogens with zero attached hydrogens (tertiary/aromatic N) is 1. The second-order valence-electron chi connectivity index (χ2n) is 4.35. The average Bonchev–Trinajstić information content (AvgIpc) is 2.32. The standard InChI is InChI=1S/C10H21NO2/c1-10(13,9-12)8-11-6-4-2-3-5-7-11/h12-13H,2-9H2,1H3. The molecule has 13 heavy (non-hydrogen) atoms. The van der Waals surface area contributed by atoms with Crippen LogP contribution in [-0.2, 0) is 0 Å². The van der Waals surface area contributed by atoms with Crippen LogP contribution in [0.25, 0.3) is 0 Å². The zero-order valence-electron chi connectivity index (χ0n) is 8.50. The van der Waals surface area contributed by atoms with Crippen molar-refractivity contribution in [1.82, 2.24) is 4.90 Å². The minimum Gasteiger partial charge on any atom is -0.393 e. The Morgan fingerprint density at radius 1 is 1.15 bits per heavy atom. The molecule has 1 atom stereocenters. The Balaban J connectivity index is 2.33. The van der Waals surface area contributed by atoms with Crippen LogP contribution in [0, 0.1) is 0 Å². The van der Waals surface area contributed by atoms with E-state index in [0.29, 0.717) is 6.54 Å². The number of β-amino-alcohol motifs (C(OH)–C–C–N with tert-alkyl or cyclic N) is 1. The number of aliphatic hydroxyl groups excluding tert-OH is 1. The molecule has 1 rings (SSSR count). The molecule has 0 aliphatic carbocycles. The summed E-state index contributed by atoms with van der Waals surface area (Å²) in [6, 6.07) is 0. The molecule has 1 aliphatic rings. The van der Waals surface area contributed by atoms with Crippen LogP contribution in [0.2, 0.25) is 0 Å². The predicted octanol–water partition coefficient (Wildman–Crippen LogP) is 0.606. The van der Waals surface area contributed by atoms with Gasteiger partial charge >= 0.3 is 0 Å². The van der Waals surface area contributed by atoms with Gasteiger partial charge in [-0.25, -0.2) is 0 Å². The first kappa shape index (κ1) is 11.0. The lowest BCUT2D eigenvalue weighted by molar-refractivity contribution is -0.0248. The monoisotopic (exact) mass is 187 g/mol. The van der Waals surface area contributed by atoms with Gasteiger partial charge in [-0.05, 0) is 32.9 Å². The minimum atomic E-state index is -0.926. The van der Waals surface area contributed by atoms with Crippen molar-refractivity contribution in [1.29, 1.82) is 0 Å². The maximum Gasteiger partial charge on any atom is 0.0975 e. The lowest BCUT2D eigenvalue weighted by atomic mass is 10.1. The number of hydrogen-bond acceptors (Lipinski definition) is 3. The van der Waals surface area contributed by atoms with Crippen LogP contribution >= 0.6 is 0 Å². The van der Waals surface area contributed by atoms with Gasteiger partial charge in [-0.2, -0.15) is 0 Å². The van der Waals surface area contributed by atoms with E-state index in [9.17, 15) is 5.11 Å². The zero-order valence-corrected chi connectivity index (χ0v) is 8.50. The van der Waals surface area contributed by atoms with E-state index in [4.69, 9.17) is 5.11 Å². The summed E-state index contributed by atoms with van der Waals surface area (Å²) in [6.07, 6.45) is 5.05. The molecule has 1 fully saturated rings. The highest BCUT2D eigenvalue weighted by Gasteiger charge is 2.23. The maximum absolute atomic E-state index is 9.68. The summed E-state index contributed by atoms with van der Waals surface area (Å²) in [6.45, 7) is 4.27. The summed E-state index contributed by atoms with van der Waals surface area (Å²) in [5, 5.41) is 18.6. The van der Waals surface area contributed by atoms with Crippen LogP contribution in [0.4, 0.5) is 0 Å². The third kappa shape index (κ3) is 4.07. The molecule has 0 amide bonds. The van der Waals surface area contributed by atoms with Gasteiger partial charge in [0.25, 0.3) is 0 Å². The molecule has 78 valence electrons. The third-order valence-corrected chi connectivity index (χ3v) is 2.60. The first-order valence-electron chi connectivity index (χ1n) is 5.20. The molecule has 0 saturated carbocycles. The number of rotatable bonds is 3. The van der Waals surface area contributed by atoms with Gasteiger partial charge in [-0.15, -0.1) is 0 Å². The van der Waals surface area contributed by atoms with E-state index in [0.717, 1.165) is 13.1 Å². The summed E-state index contributed by atoms with van der Waals surface area (Å²) < 4.78 is 0.